The van der Waals surface area contributed by atoms with Crippen LogP contribution in [0.1, 0.15) is 12.8 Å². The first-order chi connectivity index (χ1) is 8.33. The number of hydrogen-bond acceptors (Lipinski definition) is 2. The molecule has 1 saturated heterocycles. The summed E-state index contributed by atoms with van der Waals surface area (Å²) in [4.78, 5) is 4.32. The van der Waals surface area contributed by atoms with Crippen LogP contribution >= 0.6 is 28.3 Å². The molecule has 0 spiro atoms. The molecule has 1 aliphatic heterocycles. The highest BCUT2D eigenvalue weighted by atomic mass is 79.9. The van der Waals surface area contributed by atoms with Gasteiger partial charge in [0.05, 0.1) is 11.7 Å². The van der Waals surface area contributed by atoms with Crippen LogP contribution in [0.25, 0.3) is 10.9 Å². The number of pyridine rings is 1. The average molecular weight is 331 g/mol. The van der Waals surface area contributed by atoms with E-state index >= 15 is 0 Å². The Morgan fingerprint density at radius 2 is 2.17 bits per heavy atom. The van der Waals surface area contributed by atoms with Gasteiger partial charge in [0, 0.05) is 18.1 Å². The van der Waals surface area contributed by atoms with Gasteiger partial charge < -0.3 is 9.88 Å². The van der Waals surface area contributed by atoms with Gasteiger partial charge in [0.2, 0.25) is 0 Å². The monoisotopic (exact) mass is 329 g/mol. The molecule has 1 fully saturated rings. The molecule has 3 heterocycles. The van der Waals surface area contributed by atoms with Crippen molar-refractivity contribution < 1.29 is 0 Å². The van der Waals surface area contributed by atoms with Gasteiger partial charge >= 0.3 is 0 Å². The van der Waals surface area contributed by atoms with Crippen molar-refractivity contribution in [3.8, 4) is 0 Å². The first-order valence-electron chi connectivity index (χ1n) is 6.14. The number of halogens is 2. The summed E-state index contributed by atoms with van der Waals surface area (Å²) < 4.78 is 3.25. The standard InChI is InChI=1S/C13H16BrN3.ClH/c14-13-7-11-3-6-17(12(11)8-16-13)9-10-1-4-15-5-2-10;/h3,6-8,10,15H,1-2,4-5,9H2;1H. The van der Waals surface area contributed by atoms with Gasteiger partial charge in [-0.25, -0.2) is 4.98 Å². The maximum absolute atomic E-state index is 4.32. The van der Waals surface area contributed by atoms with Gasteiger partial charge in [0.15, 0.2) is 0 Å². The molecular formula is C13H17BrClN3. The lowest BCUT2D eigenvalue weighted by molar-refractivity contribution is 0.337. The van der Waals surface area contributed by atoms with E-state index in [0.717, 1.165) is 30.2 Å². The SMILES string of the molecule is Brc1cc2ccn(CC3CCNCC3)c2cn1.Cl. The predicted octanol–water partition coefficient (Wildman–Crippen LogP) is 3.22. The van der Waals surface area contributed by atoms with Gasteiger partial charge in [-0.05, 0) is 59.9 Å². The molecule has 1 aliphatic rings. The molecule has 98 valence electrons. The number of nitrogens with one attached hydrogen (secondary N) is 1. The van der Waals surface area contributed by atoms with Gasteiger partial charge in [-0.3, -0.25) is 0 Å². The molecule has 1 N–H and O–H groups in total. The summed E-state index contributed by atoms with van der Waals surface area (Å²) in [7, 11) is 0. The maximum atomic E-state index is 4.32. The molecule has 0 unspecified atom stereocenters. The van der Waals surface area contributed by atoms with Crippen LogP contribution < -0.4 is 5.32 Å². The van der Waals surface area contributed by atoms with Gasteiger partial charge in [-0.2, -0.15) is 0 Å². The highest BCUT2D eigenvalue weighted by molar-refractivity contribution is 9.10. The Morgan fingerprint density at radius 3 is 2.94 bits per heavy atom. The number of rotatable bonds is 2. The average Bonchev–Trinajstić information content (AvgIpc) is 2.73. The van der Waals surface area contributed by atoms with Gasteiger partial charge in [0.1, 0.15) is 4.60 Å². The van der Waals surface area contributed by atoms with Gasteiger partial charge in [-0.15, -0.1) is 12.4 Å². The van der Waals surface area contributed by atoms with Crippen molar-refractivity contribution in [2.75, 3.05) is 13.1 Å². The Morgan fingerprint density at radius 1 is 1.39 bits per heavy atom. The third-order valence-electron chi connectivity index (χ3n) is 3.54. The number of hydrogen-bond donors (Lipinski definition) is 1. The van der Waals surface area contributed by atoms with Crippen LogP contribution in [0.15, 0.2) is 29.1 Å². The van der Waals surface area contributed by atoms with E-state index in [9.17, 15) is 0 Å². The summed E-state index contributed by atoms with van der Waals surface area (Å²) >= 11 is 3.41. The quantitative estimate of drug-likeness (QED) is 0.857. The summed E-state index contributed by atoms with van der Waals surface area (Å²) in [5, 5.41) is 4.68. The summed E-state index contributed by atoms with van der Waals surface area (Å²) in [5.41, 5.74) is 1.24. The molecular weight excluding hydrogens is 314 g/mol. The highest BCUT2D eigenvalue weighted by Crippen LogP contribution is 2.21. The number of fused-ring (bicyclic) bond motifs is 1. The van der Waals surface area contributed by atoms with Crippen LogP contribution in [0.5, 0.6) is 0 Å². The third-order valence-corrected chi connectivity index (χ3v) is 3.97. The van der Waals surface area contributed by atoms with Crippen molar-refractivity contribution in [3.63, 3.8) is 0 Å². The third kappa shape index (κ3) is 2.87. The molecule has 0 radical (unpaired) electrons. The van der Waals surface area contributed by atoms with Crippen molar-refractivity contribution in [1.29, 1.82) is 0 Å². The minimum Gasteiger partial charge on any atom is -0.346 e. The smallest absolute Gasteiger partial charge is 0.106 e. The fraction of sp³-hybridized carbons (Fsp3) is 0.462. The summed E-state index contributed by atoms with van der Waals surface area (Å²) in [6.07, 6.45) is 6.70. The van der Waals surface area contributed by atoms with E-state index < -0.39 is 0 Å². The van der Waals surface area contributed by atoms with E-state index in [2.05, 4.69) is 49.1 Å². The Balaban J connectivity index is 0.00000120. The molecule has 3 nitrogen and oxygen atoms in total. The zero-order valence-corrected chi connectivity index (χ0v) is 12.5. The van der Waals surface area contributed by atoms with Crippen molar-refractivity contribution in [2.24, 2.45) is 5.92 Å². The molecule has 3 rings (SSSR count). The number of piperidine rings is 1. The summed E-state index contributed by atoms with van der Waals surface area (Å²) in [6.45, 7) is 3.44. The van der Waals surface area contributed by atoms with Crippen LogP contribution in [0.2, 0.25) is 0 Å². The minimum absolute atomic E-state index is 0. The molecule has 18 heavy (non-hydrogen) atoms. The highest BCUT2D eigenvalue weighted by Gasteiger charge is 2.14. The topological polar surface area (TPSA) is 29.9 Å². The van der Waals surface area contributed by atoms with Crippen LogP contribution in [-0.2, 0) is 6.54 Å². The second-order valence-electron chi connectivity index (χ2n) is 4.73. The first-order valence-corrected chi connectivity index (χ1v) is 6.93. The molecule has 0 bridgehead atoms. The fourth-order valence-electron chi connectivity index (χ4n) is 2.56. The van der Waals surface area contributed by atoms with Crippen molar-refractivity contribution in [2.45, 2.75) is 19.4 Å². The Labute approximate surface area is 122 Å². The van der Waals surface area contributed by atoms with E-state index in [4.69, 9.17) is 0 Å². The van der Waals surface area contributed by atoms with Crippen LogP contribution in [0.4, 0.5) is 0 Å². The molecule has 2 aromatic heterocycles. The van der Waals surface area contributed by atoms with Crippen molar-refractivity contribution >= 4 is 39.2 Å². The predicted molar refractivity (Wildman–Crippen MR) is 80.3 cm³/mol. The maximum Gasteiger partial charge on any atom is 0.106 e. The summed E-state index contributed by atoms with van der Waals surface area (Å²) in [6, 6.07) is 4.25. The Bertz CT molecular complexity index is 520. The van der Waals surface area contributed by atoms with E-state index in [0.29, 0.717) is 0 Å². The van der Waals surface area contributed by atoms with E-state index in [1.807, 2.05) is 6.20 Å². The van der Waals surface area contributed by atoms with Gasteiger partial charge in [0.25, 0.3) is 0 Å². The largest absolute Gasteiger partial charge is 0.346 e. The van der Waals surface area contributed by atoms with Gasteiger partial charge in [-0.1, -0.05) is 0 Å². The van der Waals surface area contributed by atoms with Crippen molar-refractivity contribution in [3.05, 3.63) is 29.1 Å². The molecule has 0 atom stereocenters. The second kappa shape index (κ2) is 6.04. The zero-order valence-electron chi connectivity index (χ0n) is 10.1. The fourth-order valence-corrected chi connectivity index (χ4v) is 2.91. The minimum atomic E-state index is 0. The normalized spacial score (nSPS) is 16.7. The molecule has 0 saturated carbocycles. The lowest BCUT2D eigenvalue weighted by atomic mass is 9.98. The zero-order chi connectivity index (χ0) is 11.7. The molecule has 0 amide bonds. The van der Waals surface area contributed by atoms with E-state index in [-0.39, 0.29) is 12.4 Å². The lowest BCUT2D eigenvalue weighted by Gasteiger charge is -2.23. The van der Waals surface area contributed by atoms with Crippen LogP contribution in [0, 0.1) is 5.92 Å². The molecule has 0 aliphatic carbocycles. The molecule has 0 aromatic carbocycles. The summed E-state index contributed by atoms with van der Waals surface area (Å²) in [5.74, 6) is 0.801. The first kappa shape index (κ1) is 13.8. The number of nitrogens with zero attached hydrogens (tertiary/aromatic N) is 2. The second-order valence-corrected chi connectivity index (χ2v) is 5.54. The Kier molecular flexibility index (Phi) is 4.65. The Hall–Kier alpha value is -0.580. The van der Waals surface area contributed by atoms with Crippen molar-refractivity contribution in [1.82, 2.24) is 14.9 Å². The van der Waals surface area contributed by atoms with E-state index in [1.165, 1.54) is 23.7 Å². The number of aromatic nitrogens is 2. The molecule has 2 aromatic rings. The van der Waals surface area contributed by atoms with Crippen LogP contribution in [-0.4, -0.2) is 22.6 Å². The van der Waals surface area contributed by atoms with E-state index in [1.54, 1.807) is 0 Å². The lowest BCUT2D eigenvalue weighted by Crippen LogP contribution is -2.29. The van der Waals surface area contributed by atoms with Crippen LogP contribution in [0.3, 0.4) is 0 Å². The molecule has 5 heteroatoms.